The highest BCUT2D eigenvalue weighted by atomic mass is 79.9. The lowest BCUT2D eigenvalue weighted by Crippen LogP contribution is -1.95. The summed E-state index contributed by atoms with van der Waals surface area (Å²) < 4.78 is 4.03. The van der Waals surface area contributed by atoms with Crippen LogP contribution in [0.15, 0.2) is 22.7 Å². The van der Waals surface area contributed by atoms with E-state index in [4.69, 9.17) is 12.2 Å². The van der Waals surface area contributed by atoms with E-state index in [2.05, 4.69) is 38.5 Å². The molecule has 2 nitrogen and oxygen atoms in total. The molecule has 0 aliphatic rings. The van der Waals surface area contributed by atoms with Gasteiger partial charge in [0.1, 0.15) is 0 Å². The van der Waals surface area contributed by atoms with E-state index in [-0.39, 0.29) is 0 Å². The third-order valence-corrected chi connectivity index (χ3v) is 3.00. The smallest absolute Gasteiger partial charge is 0.178 e. The van der Waals surface area contributed by atoms with Gasteiger partial charge in [0.25, 0.3) is 0 Å². The summed E-state index contributed by atoms with van der Waals surface area (Å²) >= 11 is 8.72. The molecule has 2 aromatic rings. The molecule has 74 valence electrons. The van der Waals surface area contributed by atoms with Crippen molar-refractivity contribution >= 4 is 39.2 Å². The summed E-state index contributed by atoms with van der Waals surface area (Å²) in [4.78, 5) is 3.20. The summed E-state index contributed by atoms with van der Waals surface area (Å²) in [6.07, 6.45) is 1.09. The molecule has 0 saturated heterocycles. The van der Waals surface area contributed by atoms with E-state index >= 15 is 0 Å². The van der Waals surface area contributed by atoms with Gasteiger partial charge in [0.05, 0.1) is 11.0 Å². The number of H-pyrrole nitrogens is 1. The van der Waals surface area contributed by atoms with E-state index in [0.29, 0.717) is 0 Å². The molecule has 0 radical (unpaired) electrons. The van der Waals surface area contributed by atoms with Crippen LogP contribution in [0.5, 0.6) is 0 Å². The fourth-order valence-electron chi connectivity index (χ4n) is 1.57. The van der Waals surface area contributed by atoms with E-state index in [0.717, 1.165) is 27.7 Å². The van der Waals surface area contributed by atoms with Crippen LogP contribution in [0.4, 0.5) is 0 Å². The van der Waals surface area contributed by atoms with Crippen LogP contribution in [-0.2, 0) is 6.54 Å². The summed E-state index contributed by atoms with van der Waals surface area (Å²) in [6.45, 7) is 3.12. The zero-order valence-corrected chi connectivity index (χ0v) is 10.3. The number of aromatic amines is 1. The first-order chi connectivity index (χ1) is 6.72. The van der Waals surface area contributed by atoms with Gasteiger partial charge in [0.15, 0.2) is 4.77 Å². The topological polar surface area (TPSA) is 20.7 Å². The first-order valence-electron chi connectivity index (χ1n) is 4.60. The zero-order chi connectivity index (χ0) is 10.1. The van der Waals surface area contributed by atoms with Crippen LogP contribution >= 0.6 is 28.1 Å². The SMILES string of the molecule is CCCn1c(=S)[nH]c2ccc(Br)cc21. The number of hydrogen-bond acceptors (Lipinski definition) is 1. The van der Waals surface area contributed by atoms with E-state index in [9.17, 15) is 0 Å². The first kappa shape index (κ1) is 9.93. The Morgan fingerprint density at radius 2 is 2.29 bits per heavy atom. The molecule has 0 fully saturated rings. The van der Waals surface area contributed by atoms with Crippen molar-refractivity contribution in [1.82, 2.24) is 9.55 Å². The predicted molar refractivity (Wildman–Crippen MR) is 65.1 cm³/mol. The molecule has 0 amide bonds. The molecular formula is C10H11BrN2S. The summed E-state index contributed by atoms with van der Waals surface area (Å²) in [6, 6.07) is 6.16. The highest BCUT2D eigenvalue weighted by Gasteiger charge is 2.03. The Hall–Kier alpha value is -0.610. The number of imidazole rings is 1. The van der Waals surface area contributed by atoms with Crippen molar-refractivity contribution in [1.29, 1.82) is 0 Å². The molecule has 2 rings (SSSR count). The second-order valence-corrected chi connectivity index (χ2v) is 4.55. The number of benzene rings is 1. The zero-order valence-electron chi connectivity index (χ0n) is 7.88. The van der Waals surface area contributed by atoms with Crippen molar-refractivity contribution in [3.8, 4) is 0 Å². The Balaban J connectivity index is 2.73. The molecule has 0 aliphatic heterocycles. The van der Waals surface area contributed by atoms with Gasteiger partial charge in [-0.2, -0.15) is 0 Å². The third kappa shape index (κ3) is 1.64. The number of aromatic nitrogens is 2. The van der Waals surface area contributed by atoms with Gasteiger partial charge in [0.2, 0.25) is 0 Å². The molecule has 1 N–H and O–H groups in total. The second kappa shape index (κ2) is 3.87. The quantitative estimate of drug-likeness (QED) is 0.822. The van der Waals surface area contributed by atoms with E-state index in [1.165, 1.54) is 5.52 Å². The van der Waals surface area contributed by atoms with Crippen molar-refractivity contribution in [2.75, 3.05) is 0 Å². The minimum absolute atomic E-state index is 0.806. The van der Waals surface area contributed by atoms with Gasteiger partial charge >= 0.3 is 0 Å². The summed E-state index contributed by atoms with van der Waals surface area (Å²) in [5.41, 5.74) is 2.28. The van der Waals surface area contributed by atoms with Gasteiger partial charge in [-0.05, 0) is 36.8 Å². The molecule has 1 aromatic heterocycles. The molecule has 4 heteroatoms. The highest BCUT2D eigenvalue weighted by Crippen LogP contribution is 2.19. The van der Waals surface area contributed by atoms with Crippen LogP contribution in [0, 0.1) is 4.77 Å². The fourth-order valence-corrected chi connectivity index (χ4v) is 2.22. The van der Waals surface area contributed by atoms with Crippen LogP contribution in [0.1, 0.15) is 13.3 Å². The van der Waals surface area contributed by atoms with Crippen LogP contribution in [0.2, 0.25) is 0 Å². The van der Waals surface area contributed by atoms with E-state index in [1.54, 1.807) is 0 Å². The Morgan fingerprint density at radius 1 is 1.50 bits per heavy atom. The van der Waals surface area contributed by atoms with Crippen molar-refractivity contribution in [2.45, 2.75) is 19.9 Å². The summed E-state index contributed by atoms with van der Waals surface area (Å²) in [5, 5.41) is 0. The normalized spacial score (nSPS) is 11.0. The summed E-state index contributed by atoms with van der Waals surface area (Å²) in [7, 11) is 0. The molecule has 0 spiro atoms. The minimum atomic E-state index is 0.806. The standard InChI is InChI=1S/C10H11BrN2S/c1-2-5-13-9-6-7(11)3-4-8(9)12-10(13)14/h3-4,6H,2,5H2,1H3,(H,12,14). The van der Waals surface area contributed by atoms with Crippen LogP contribution in [-0.4, -0.2) is 9.55 Å². The van der Waals surface area contributed by atoms with Crippen LogP contribution < -0.4 is 0 Å². The third-order valence-electron chi connectivity index (χ3n) is 2.18. The van der Waals surface area contributed by atoms with Crippen LogP contribution in [0.25, 0.3) is 11.0 Å². The number of aryl methyl sites for hydroxylation is 1. The molecule has 14 heavy (non-hydrogen) atoms. The highest BCUT2D eigenvalue weighted by molar-refractivity contribution is 9.10. The Morgan fingerprint density at radius 3 is 3.00 bits per heavy atom. The first-order valence-corrected chi connectivity index (χ1v) is 5.80. The number of nitrogens with one attached hydrogen (secondary N) is 1. The predicted octanol–water partition coefficient (Wildman–Crippen LogP) is 3.87. The average molecular weight is 271 g/mol. The maximum Gasteiger partial charge on any atom is 0.178 e. The van der Waals surface area contributed by atoms with Gasteiger partial charge in [-0.3, -0.25) is 0 Å². The van der Waals surface area contributed by atoms with Crippen LogP contribution in [0.3, 0.4) is 0 Å². The maximum absolute atomic E-state index is 5.25. The van der Waals surface area contributed by atoms with Gasteiger partial charge < -0.3 is 9.55 Å². The minimum Gasteiger partial charge on any atom is -0.331 e. The lowest BCUT2D eigenvalue weighted by Gasteiger charge is -2.01. The number of rotatable bonds is 2. The summed E-state index contributed by atoms with van der Waals surface area (Å²) in [5.74, 6) is 0. The van der Waals surface area contributed by atoms with Gasteiger partial charge in [-0.25, -0.2) is 0 Å². The lowest BCUT2D eigenvalue weighted by atomic mass is 10.3. The average Bonchev–Trinajstić information content (AvgIpc) is 2.45. The molecule has 1 heterocycles. The molecule has 0 bridgehead atoms. The van der Waals surface area contributed by atoms with Crippen molar-refractivity contribution in [3.05, 3.63) is 27.4 Å². The largest absolute Gasteiger partial charge is 0.331 e. The Bertz CT molecular complexity index is 512. The van der Waals surface area contributed by atoms with Crippen molar-refractivity contribution < 1.29 is 0 Å². The lowest BCUT2D eigenvalue weighted by molar-refractivity contribution is 0.688. The molecule has 0 saturated carbocycles. The van der Waals surface area contributed by atoms with E-state index < -0.39 is 0 Å². The van der Waals surface area contributed by atoms with Crippen molar-refractivity contribution in [2.24, 2.45) is 0 Å². The van der Waals surface area contributed by atoms with Gasteiger partial charge in [0, 0.05) is 11.0 Å². The number of hydrogen-bond donors (Lipinski definition) is 1. The van der Waals surface area contributed by atoms with Gasteiger partial charge in [-0.15, -0.1) is 0 Å². The number of halogens is 1. The molecular weight excluding hydrogens is 260 g/mol. The molecule has 0 atom stereocenters. The van der Waals surface area contributed by atoms with Crippen molar-refractivity contribution in [3.63, 3.8) is 0 Å². The molecule has 1 aromatic carbocycles. The number of fused-ring (bicyclic) bond motifs is 1. The Kier molecular flexibility index (Phi) is 2.74. The second-order valence-electron chi connectivity index (χ2n) is 3.24. The maximum atomic E-state index is 5.25. The monoisotopic (exact) mass is 270 g/mol. The number of nitrogens with zero attached hydrogens (tertiary/aromatic N) is 1. The van der Waals surface area contributed by atoms with Gasteiger partial charge in [-0.1, -0.05) is 22.9 Å². The molecule has 0 unspecified atom stereocenters. The fraction of sp³-hybridized carbons (Fsp3) is 0.300. The Labute approximate surface area is 96.1 Å². The van der Waals surface area contributed by atoms with E-state index in [1.807, 2.05) is 12.1 Å². The molecule has 0 aliphatic carbocycles.